The second-order valence-corrected chi connectivity index (χ2v) is 5.97. The number of hydrogen-bond donors (Lipinski definition) is 2. The topological polar surface area (TPSA) is 74.6 Å². The molecule has 0 heterocycles. The van der Waals surface area contributed by atoms with Gasteiger partial charge in [0.2, 0.25) is 5.43 Å². The molecule has 0 aliphatic rings. The summed E-state index contributed by atoms with van der Waals surface area (Å²) in [6.07, 6.45) is 0. The van der Waals surface area contributed by atoms with E-state index in [0.717, 1.165) is 21.5 Å². The van der Waals surface area contributed by atoms with Gasteiger partial charge in [0.25, 0.3) is 5.43 Å². The van der Waals surface area contributed by atoms with Crippen LogP contribution in [-0.2, 0) is 0 Å². The van der Waals surface area contributed by atoms with Gasteiger partial charge in [-0.05, 0) is 33.0 Å². The highest BCUT2D eigenvalue weighted by atomic mass is 16.3. The molecule has 0 spiro atoms. The van der Waals surface area contributed by atoms with E-state index in [-0.39, 0.29) is 11.1 Å². The normalized spacial score (nSPS) is 12.0. The largest absolute Gasteiger partial charge is 0.507 e. The van der Waals surface area contributed by atoms with Crippen LogP contribution in [0.15, 0.2) is 58.1 Å². The van der Waals surface area contributed by atoms with E-state index in [0.29, 0.717) is 16.2 Å². The van der Waals surface area contributed by atoms with E-state index >= 15 is 0 Å². The van der Waals surface area contributed by atoms with Gasteiger partial charge in [-0.25, -0.2) is 0 Å². The first-order chi connectivity index (χ1) is 11.6. The highest BCUT2D eigenvalue weighted by Gasteiger charge is 2.21. The molecule has 0 aliphatic carbocycles. The summed E-state index contributed by atoms with van der Waals surface area (Å²) in [5, 5.41) is 25.5. The quantitative estimate of drug-likeness (QED) is 0.261. The summed E-state index contributed by atoms with van der Waals surface area (Å²) in [4.78, 5) is 24.5. The van der Waals surface area contributed by atoms with Gasteiger partial charge in [-0.1, -0.05) is 42.5 Å². The number of hydrogen-bond acceptors (Lipinski definition) is 4. The van der Waals surface area contributed by atoms with Crippen molar-refractivity contribution in [3.05, 3.63) is 69.0 Å². The molecule has 2 N–H and O–H groups in total. The molecule has 4 nitrogen and oxygen atoms in total. The Hall–Kier alpha value is -3.40. The Morgan fingerprint density at radius 2 is 1.25 bits per heavy atom. The van der Waals surface area contributed by atoms with E-state index in [2.05, 4.69) is 0 Å². The van der Waals surface area contributed by atoms with Crippen molar-refractivity contribution >= 4 is 43.1 Å². The van der Waals surface area contributed by atoms with Crippen molar-refractivity contribution in [2.75, 3.05) is 0 Å². The van der Waals surface area contributed by atoms with Gasteiger partial charge in [0, 0.05) is 10.8 Å². The zero-order valence-electron chi connectivity index (χ0n) is 12.3. The van der Waals surface area contributed by atoms with Crippen molar-refractivity contribution in [2.24, 2.45) is 0 Å². The number of fused-ring (bicyclic) bond motifs is 2. The molecule has 114 valence electrons. The van der Waals surface area contributed by atoms with Crippen LogP contribution in [0.2, 0.25) is 0 Å². The third-order valence-electron chi connectivity index (χ3n) is 4.78. The van der Waals surface area contributed by atoms with E-state index in [1.165, 1.54) is 6.07 Å². The molecule has 4 heteroatoms. The number of phenols is 2. The standard InChI is InChI=1S/C20H10O4/c21-13-8-7-11-10-5-1-3-9-4-2-6-12(14(9)10)16-15(11)17(13)19(23)20(24)18(16)22/h1-8,21-22H. The lowest BCUT2D eigenvalue weighted by Gasteiger charge is -2.14. The first-order valence-corrected chi connectivity index (χ1v) is 7.50. The molecule has 24 heavy (non-hydrogen) atoms. The first-order valence-electron chi connectivity index (χ1n) is 7.50. The summed E-state index contributed by atoms with van der Waals surface area (Å²) in [5.41, 5.74) is -1.86. The molecular weight excluding hydrogens is 304 g/mol. The molecule has 0 unspecified atom stereocenters. The van der Waals surface area contributed by atoms with E-state index in [1.54, 1.807) is 6.07 Å². The van der Waals surface area contributed by atoms with Crippen LogP contribution in [-0.4, -0.2) is 10.2 Å². The lowest BCUT2D eigenvalue weighted by atomic mass is 9.89. The molecule has 5 aromatic rings. The average molecular weight is 314 g/mol. The maximum atomic E-state index is 12.3. The van der Waals surface area contributed by atoms with Crippen molar-refractivity contribution in [1.82, 2.24) is 0 Å². The van der Waals surface area contributed by atoms with Crippen LogP contribution < -0.4 is 10.9 Å². The monoisotopic (exact) mass is 314 g/mol. The second kappa shape index (κ2) is 4.11. The van der Waals surface area contributed by atoms with Crippen LogP contribution in [0.25, 0.3) is 43.1 Å². The van der Waals surface area contributed by atoms with Crippen molar-refractivity contribution in [2.45, 2.75) is 0 Å². The SMILES string of the molecule is O=c1c(O)c2c3cccc4cccc(c5ccc(O)c(c1=O)c52)c43. The van der Waals surface area contributed by atoms with E-state index < -0.39 is 16.6 Å². The Balaban J connectivity index is 2.37. The van der Waals surface area contributed by atoms with Gasteiger partial charge < -0.3 is 10.2 Å². The maximum absolute atomic E-state index is 12.3. The summed E-state index contributed by atoms with van der Waals surface area (Å²) in [6.45, 7) is 0. The first kappa shape index (κ1) is 13.1. The molecule has 0 saturated heterocycles. The Bertz CT molecular complexity index is 1400. The molecule has 0 bridgehead atoms. The smallest absolute Gasteiger partial charge is 0.268 e. The van der Waals surface area contributed by atoms with Gasteiger partial charge in [-0.3, -0.25) is 9.59 Å². The van der Waals surface area contributed by atoms with Gasteiger partial charge in [-0.15, -0.1) is 0 Å². The molecule has 0 radical (unpaired) electrons. The minimum absolute atomic E-state index is 0.0307. The molecule has 0 aliphatic heterocycles. The number of rotatable bonds is 0. The van der Waals surface area contributed by atoms with E-state index in [9.17, 15) is 19.8 Å². The lowest BCUT2D eigenvalue weighted by molar-refractivity contribution is 0.475. The maximum Gasteiger partial charge on any atom is 0.268 e. The fraction of sp³-hybridized carbons (Fsp3) is 0. The van der Waals surface area contributed by atoms with Crippen molar-refractivity contribution in [1.29, 1.82) is 0 Å². The van der Waals surface area contributed by atoms with E-state index in [1.807, 2.05) is 36.4 Å². The zero-order chi connectivity index (χ0) is 16.6. The summed E-state index contributed by atoms with van der Waals surface area (Å²) in [5.74, 6) is -0.801. The fourth-order valence-electron chi connectivity index (χ4n) is 3.79. The number of phenolic OH excluding ortho intramolecular Hbond substituents is 2. The van der Waals surface area contributed by atoms with Crippen LogP contribution >= 0.6 is 0 Å². The molecule has 5 rings (SSSR count). The molecule has 0 fully saturated rings. The fourth-order valence-corrected chi connectivity index (χ4v) is 3.79. The highest BCUT2D eigenvalue weighted by molar-refractivity contribution is 6.34. The molecule has 5 aromatic carbocycles. The van der Waals surface area contributed by atoms with Crippen LogP contribution in [0.4, 0.5) is 0 Å². The summed E-state index contributed by atoms with van der Waals surface area (Å²) in [7, 11) is 0. The van der Waals surface area contributed by atoms with E-state index in [4.69, 9.17) is 0 Å². The third kappa shape index (κ3) is 1.34. The molecule has 0 amide bonds. The highest BCUT2D eigenvalue weighted by Crippen LogP contribution is 2.43. The van der Waals surface area contributed by atoms with Gasteiger partial charge in [-0.2, -0.15) is 0 Å². The minimum Gasteiger partial charge on any atom is -0.507 e. The van der Waals surface area contributed by atoms with Gasteiger partial charge in [0.1, 0.15) is 5.75 Å². The van der Waals surface area contributed by atoms with Crippen molar-refractivity contribution in [3.63, 3.8) is 0 Å². The van der Waals surface area contributed by atoms with Crippen LogP contribution in [0.3, 0.4) is 0 Å². The predicted molar refractivity (Wildman–Crippen MR) is 94.7 cm³/mol. The van der Waals surface area contributed by atoms with Crippen molar-refractivity contribution in [3.8, 4) is 11.5 Å². The number of aromatic hydroxyl groups is 2. The molecular formula is C20H10O4. The lowest BCUT2D eigenvalue weighted by Crippen LogP contribution is -2.23. The van der Waals surface area contributed by atoms with Crippen molar-refractivity contribution < 1.29 is 10.2 Å². The zero-order valence-corrected chi connectivity index (χ0v) is 12.3. The molecule has 0 atom stereocenters. The number of benzene rings is 5. The van der Waals surface area contributed by atoms with Gasteiger partial charge in [0.15, 0.2) is 5.75 Å². The van der Waals surface area contributed by atoms with Crippen LogP contribution in [0, 0.1) is 0 Å². The predicted octanol–water partition coefficient (Wildman–Crippen LogP) is 3.31. The average Bonchev–Trinajstić information content (AvgIpc) is 2.59. The third-order valence-corrected chi connectivity index (χ3v) is 4.78. The summed E-state index contributed by atoms with van der Waals surface area (Å²) < 4.78 is 0. The molecule has 0 saturated carbocycles. The van der Waals surface area contributed by atoms with Crippen LogP contribution in [0.5, 0.6) is 11.5 Å². The van der Waals surface area contributed by atoms with Crippen LogP contribution in [0.1, 0.15) is 0 Å². The summed E-state index contributed by atoms with van der Waals surface area (Å²) >= 11 is 0. The Morgan fingerprint density at radius 3 is 2.00 bits per heavy atom. The Kier molecular flexibility index (Phi) is 2.24. The second-order valence-electron chi connectivity index (χ2n) is 5.97. The minimum atomic E-state index is -0.985. The Labute approximate surface area is 134 Å². The molecule has 0 aromatic heterocycles. The Morgan fingerprint density at radius 1 is 0.583 bits per heavy atom. The summed E-state index contributed by atoms with van der Waals surface area (Å²) in [6, 6.07) is 14.6. The van der Waals surface area contributed by atoms with Gasteiger partial charge >= 0.3 is 0 Å². The van der Waals surface area contributed by atoms with Gasteiger partial charge in [0.05, 0.1) is 5.39 Å².